The maximum Gasteiger partial charge on any atom is 0.246 e. The molecule has 0 radical (unpaired) electrons. The average molecular weight is 374 g/mol. The van der Waals surface area contributed by atoms with Gasteiger partial charge in [0.05, 0.1) is 13.1 Å². The molecule has 0 unspecified atom stereocenters. The lowest BCUT2D eigenvalue weighted by atomic mass is 9.73. The molecule has 1 heterocycles. The number of carboxylic acids is 1. The summed E-state index contributed by atoms with van der Waals surface area (Å²) >= 11 is 0. The highest BCUT2D eigenvalue weighted by atomic mass is 32.2. The first kappa shape index (κ1) is 18.4. The van der Waals surface area contributed by atoms with Gasteiger partial charge in [0, 0.05) is 18.5 Å². The fourth-order valence-corrected chi connectivity index (χ4v) is 5.04. The van der Waals surface area contributed by atoms with Crippen LogP contribution in [-0.2, 0) is 20.2 Å². The van der Waals surface area contributed by atoms with Gasteiger partial charge in [0.1, 0.15) is 10.6 Å². The van der Waals surface area contributed by atoms with Crippen molar-refractivity contribution in [2.45, 2.75) is 23.2 Å². The Bertz CT molecular complexity index is 887. The molecule has 0 bridgehead atoms. The van der Waals surface area contributed by atoms with Crippen LogP contribution in [0.5, 0.6) is 5.75 Å². The Morgan fingerprint density at radius 1 is 1.04 bits per heavy atom. The smallest absolute Gasteiger partial charge is 0.246 e. The molecule has 1 fully saturated rings. The largest absolute Gasteiger partial charge is 0.549 e. The summed E-state index contributed by atoms with van der Waals surface area (Å²) in [7, 11) is -2.35. The molecule has 0 aliphatic carbocycles. The summed E-state index contributed by atoms with van der Waals surface area (Å²) in [6.07, 6.45) is 0.321. The van der Waals surface area contributed by atoms with Gasteiger partial charge >= 0.3 is 0 Å². The maximum absolute atomic E-state index is 13.0. The highest BCUT2D eigenvalue weighted by Gasteiger charge is 2.41. The van der Waals surface area contributed by atoms with Gasteiger partial charge < -0.3 is 14.6 Å². The number of carbonyl (C=O) groups is 1. The molecule has 0 spiro atoms. The molecule has 0 amide bonds. The number of ether oxygens (including phenoxy) is 1. The topological polar surface area (TPSA) is 86.7 Å². The van der Waals surface area contributed by atoms with Crippen molar-refractivity contribution in [3.63, 3.8) is 0 Å². The highest BCUT2D eigenvalue weighted by Crippen LogP contribution is 2.37. The molecule has 6 nitrogen and oxygen atoms in total. The zero-order chi connectivity index (χ0) is 18.8. The van der Waals surface area contributed by atoms with E-state index in [1.165, 1.54) is 17.5 Å². The number of sulfonamides is 1. The number of carbonyl (C=O) groups excluding carboxylic acids is 1. The van der Waals surface area contributed by atoms with Crippen LogP contribution in [0.2, 0.25) is 0 Å². The van der Waals surface area contributed by atoms with E-state index in [4.69, 9.17) is 4.74 Å². The van der Waals surface area contributed by atoms with Gasteiger partial charge in [0.15, 0.2) is 0 Å². The molecule has 7 heteroatoms. The second kappa shape index (κ2) is 7.09. The summed E-state index contributed by atoms with van der Waals surface area (Å²) in [5, 5.41) is 11.9. The van der Waals surface area contributed by atoms with Crippen molar-refractivity contribution < 1.29 is 23.1 Å². The Kier molecular flexibility index (Phi) is 5.02. The number of para-hydroxylation sites is 1. The molecular formula is C19H20NO5S-. The number of aliphatic carboxylic acids is 1. The number of hydrogen-bond donors (Lipinski definition) is 0. The number of nitrogens with zero attached hydrogens (tertiary/aromatic N) is 1. The Hall–Kier alpha value is -2.38. The molecule has 0 aromatic heterocycles. The van der Waals surface area contributed by atoms with Crippen LogP contribution in [0, 0.1) is 0 Å². The van der Waals surface area contributed by atoms with Crippen molar-refractivity contribution in [2.24, 2.45) is 0 Å². The Balaban J connectivity index is 1.88. The minimum Gasteiger partial charge on any atom is -0.549 e. The first-order valence-electron chi connectivity index (χ1n) is 8.32. The van der Waals surface area contributed by atoms with E-state index in [-0.39, 0.29) is 36.6 Å². The van der Waals surface area contributed by atoms with Crippen molar-refractivity contribution in [2.75, 3.05) is 20.2 Å². The van der Waals surface area contributed by atoms with Gasteiger partial charge in [-0.1, -0.05) is 42.5 Å². The van der Waals surface area contributed by atoms with Gasteiger partial charge in [-0.3, -0.25) is 0 Å². The van der Waals surface area contributed by atoms with Crippen LogP contribution >= 0.6 is 0 Å². The third kappa shape index (κ3) is 3.08. The van der Waals surface area contributed by atoms with E-state index in [2.05, 4.69) is 0 Å². The molecule has 0 N–H and O–H groups in total. The quantitative estimate of drug-likeness (QED) is 0.784. The minimum atomic E-state index is -3.77. The SMILES string of the molecule is COc1ccccc1S(=O)(=O)N1CCC(C(=O)[O-])(c2ccccc2)CC1. The summed E-state index contributed by atoms with van der Waals surface area (Å²) in [5.74, 6) is -0.898. The highest BCUT2D eigenvalue weighted by molar-refractivity contribution is 7.89. The lowest BCUT2D eigenvalue weighted by Crippen LogP contribution is -2.53. The molecule has 0 saturated carbocycles. The molecule has 1 aliphatic heterocycles. The summed E-state index contributed by atoms with van der Waals surface area (Å²) in [5.41, 5.74) is -0.525. The molecular weight excluding hydrogens is 354 g/mol. The number of rotatable bonds is 5. The van der Waals surface area contributed by atoms with Crippen LogP contribution in [0.25, 0.3) is 0 Å². The van der Waals surface area contributed by atoms with Gasteiger partial charge in [0.25, 0.3) is 0 Å². The standard InChI is InChI=1S/C19H21NO5S/c1-25-16-9-5-6-10-17(16)26(23,24)20-13-11-19(12-14-20,18(21)22)15-7-3-2-4-8-15/h2-10H,11-14H2,1H3,(H,21,22)/p-1. The van der Waals surface area contributed by atoms with Gasteiger partial charge in [-0.05, 0) is 30.5 Å². The minimum absolute atomic E-state index is 0.0863. The lowest BCUT2D eigenvalue weighted by molar-refractivity contribution is -0.315. The third-order valence-corrected chi connectivity index (χ3v) is 6.92. The van der Waals surface area contributed by atoms with E-state index in [1.54, 1.807) is 42.5 Å². The fourth-order valence-electron chi connectivity index (χ4n) is 3.45. The summed E-state index contributed by atoms with van der Waals surface area (Å²) in [6, 6.07) is 15.3. The summed E-state index contributed by atoms with van der Waals surface area (Å²) < 4.78 is 32.4. The van der Waals surface area contributed by atoms with E-state index >= 15 is 0 Å². The van der Waals surface area contributed by atoms with E-state index in [0.29, 0.717) is 5.56 Å². The predicted octanol–water partition coefficient (Wildman–Crippen LogP) is 1.17. The van der Waals surface area contributed by atoms with Crippen molar-refractivity contribution in [3.8, 4) is 5.75 Å². The van der Waals surface area contributed by atoms with Crippen LogP contribution in [0.1, 0.15) is 18.4 Å². The number of piperidine rings is 1. The first-order valence-corrected chi connectivity index (χ1v) is 9.76. The number of methoxy groups -OCH3 is 1. The van der Waals surface area contributed by atoms with E-state index in [1.807, 2.05) is 6.07 Å². The van der Waals surface area contributed by atoms with Crippen LogP contribution in [0.15, 0.2) is 59.5 Å². The maximum atomic E-state index is 13.0. The van der Waals surface area contributed by atoms with Crippen LogP contribution < -0.4 is 9.84 Å². The Morgan fingerprint density at radius 2 is 1.62 bits per heavy atom. The van der Waals surface area contributed by atoms with E-state index in [9.17, 15) is 18.3 Å². The molecule has 26 heavy (non-hydrogen) atoms. The van der Waals surface area contributed by atoms with Crippen molar-refractivity contribution in [1.29, 1.82) is 0 Å². The van der Waals surface area contributed by atoms with Gasteiger partial charge in [-0.25, -0.2) is 8.42 Å². The van der Waals surface area contributed by atoms with Gasteiger partial charge in [-0.2, -0.15) is 4.31 Å². The number of benzene rings is 2. The van der Waals surface area contributed by atoms with Crippen LogP contribution in [0.3, 0.4) is 0 Å². The molecule has 2 aromatic rings. The van der Waals surface area contributed by atoms with E-state index in [0.717, 1.165) is 0 Å². The summed E-state index contributed by atoms with van der Waals surface area (Å²) in [4.78, 5) is 12.0. The second-order valence-corrected chi connectivity index (χ2v) is 8.20. The van der Waals surface area contributed by atoms with Gasteiger partial charge in [-0.15, -0.1) is 0 Å². The lowest BCUT2D eigenvalue weighted by Gasteiger charge is -2.42. The van der Waals surface area contributed by atoms with Crippen molar-refractivity contribution >= 4 is 16.0 Å². The fraction of sp³-hybridized carbons (Fsp3) is 0.316. The van der Waals surface area contributed by atoms with Crippen molar-refractivity contribution in [1.82, 2.24) is 4.31 Å². The third-order valence-electron chi connectivity index (χ3n) is 4.98. The average Bonchev–Trinajstić information content (AvgIpc) is 2.68. The molecule has 2 aromatic carbocycles. The zero-order valence-electron chi connectivity index (χ0n) is 14.4. The zero-order valence-corrected chi connectivity index (χ0v) is 15.2. The first-order chi connectivity index (χ1) is 12.4. The Labute approximate surface area is 153 Å². The molecule has 1 aliphatic rings. The second-order valence-electron chi connectivity index (χ2n) is 6.29. The molecule has 0 atom stereocenters. The van der Waals surface area contributed by atoms with Crippen LogP contribution in [-0.4, -0.2) is 38.9 Å². The number of hydrogen-bond acceptors (Lipinski definition) is 5. The monoisotopic (exact) mass is 374 g/mol. The van der Waals surface area contributed by atoms with Crippen LogP contribution in [0.4, 0.5) is 0 Å². The van der Waals surface area contributed by atoms with E-state index < -0.39 is 21.4 Å². The molecule has 1 saturated heterocycles. The number of carboxylic acid groups (broad SMARTS) is 1. The van der Waals surface area contributed by atoms with Gasteiger partial charge in [0.2, 0.25) is 10.0 Å². The molecule has 138 valence electrons. The summed E-state index contributed by atoms with van der Waals surface area (Å²) in [6.45, 7) is 0.201. The normalized spacial score (nSPS) is 17.6. The predicted molar refractivity (Wildman–Crippen MR) is 94.1 cm³/mol. The van der Waals surface area contributed by atoms with Crippen molar-refractivity contribution in [3.05, 3.63) is 60.2 Å². The Morgan fingerprint density at radius 3 is 2.19 bits per heavy atom. The molecule has 3 rings (SSSR count).